The smallest absolute Gasteiger partial charge is 0.319 e. The van der Waals surface area contributed by atoms with Crippen molar-refractivity contribution in [3.8, 4) is 0 Å². The third kappa shape index (κ3) is 3.16. The summed E-state index contributed by atoms with van der Waals surface area (Å²) in [6, 6.07) is 0. The number of aryl methyl sites for hydroxylation is 2. The molecule has 0 saturated heterocycles. The van der Waals surface area contributed by atoms with Crippen LogP contribution < -0.4 is 0 Å². The van der Waals surface area contributed by atoms with Crippen molar-refractivity contribution in [1.82, 2.24) is 9.78 Å². The van der Waals surface area contributed by atoms with Gasteiger partial charge in [-0.1, -0.05) is 11.6 Å². The van der Waals surface area contributed by atoms with Crippen molar-refractivity contribution in [3.63, 3.8) is 0 Å². The fourth-order valence-electron chi connectivity index (χ4n) is 1.32. The van der Waals surface area contributed by atoms with Crippen LogP contribution in [-0.2, 0) is 17.1 Å². The molecule has 0 aliphatic rings. The Hall–Kier alpha value is -0.680. The van der Waals surface area contributed by atoms with Crippen molar-refractivity contribution in [2.24, 2.45) is 0 Å². The molecule has 0 unspecified atom stereocenters. The zero-order valence-electron chi connectivity index (χ0n) is 10.5. The van der Waals surface area contributed by atoms with E-state index >= 15 is 0 Å². The number of carboxylic acid groups (broad SMARTS) is 1. The van der Waals surface area contributed by atoms with Crippen molar-refractivity contribution >= 4 is 29.3 Å². The number of aliphatic carboxylic acids is 1. The predicted octanol–water partition coefficient (Wildman–Crippen LogP) is 2.96. The van der Waals surface area contributed by atoms with Gasteiger partial charge in [0.05, 0.1) is 16.4 Å². The maximum Gasteiger partial charge on any atom is 0.319 e. The summed E-state index contributed by atoms with van der Waals surface area (Å²) in [5, 5.41) is 14.0. The maximum absolute atomic E-state index is 11.0. The molecule has 0 aliphatic heterocycles. The highest BCUT2D eigenvalue weighted by Gasteiger charge is 2.28. The van der Waals surface area contributed by atoms with Crippen LogP contribution in [0.25, 0.3) is 0 Å². The Bertz CT molecular complexity index is 429. The monoisotopic (exact) mass is 276 g/mol. The van der Waals surface area contributed by atoms with Crippen molar-refractivity contribution < 1.29 is 9.90 Å². The number of carbonyl (C=O) groups is 1. The minimum atomic E-state index is -0.821. The molecule has 0 aliphatic carbocycles. The molecule has 96 valence electrons. The molecule has 4 nitrogen and oxygen atoms in total. The van der Waals surface area contributed by atoms with Crippen LogP contribution in [-0.4, -0.2) is 25.6 Å². The van der Waals surface area contributed by atoms with Gasteiger partial charge >= 0.3 is 5.97 Å². The molecule has 0 amide bonds. The fraction of sp³-hybridized carbons (Fsp3) is 0.636. The first-order valence-corrected chi connectivity index (χ1v) is 6.75. The summed E-state index contributed by atoms with van der Waals surface area (Å²) in [4.78, 5) is 11.0. The minimum Gasteiger partial charge on any atom is -0.480 e. The SMILES string of the molecule is CCn1nc(C)c(Cl)c1CSC(C)(C)C(=O)O. The van der Waals surface area contributed by atoms with E-state index in [-0.39, 0.29) is 0 Å². The van der Waals surface area contributed by atoms with Gasteiger partial charge in [0, 0.05) is 12.3 Å². The van der Waals surface area contributed by atoms with E-state index in [9.17, 15) is 4.79 Å². The first-order chi connectivity index (χ1) is 7.79. The van der Waals surface area contributed by atoms with Gasteiger partial charge < -0.3 is 5.11 Å². The van der Waals surface area contributed by atoms with E-state index in [0.29, 0.717) is 10.8 Å². The first-order valence-electron chi connectivity index (χ1n) is 5.38. The average molecular weight is 277 g/mol. The summed E-state index contributed by atoms with van der Waals surface area (Å²) in [5.74, 6) is -0.273. The Morgan fingerprint density at radius 3 is 2.65 bits per heavy atom. The molecular weight excluding hydrogens is 260 g/mol. The number of thioether (sulfide) groups is 1. The Balaban J connectivity index is 2.86. The molecule has 0 bridgehead atoms. The van der Waals surface area contributed by atoms with E-state index < -0.39 is 10.7 Å². The summed E-state index contributed by atoms with van der Waals surface area (Å²) >= 11 is 7.51. The van der Waals surface area contributed by atoms with Crippen molar-refractivity contribution in [1.29, 1.82) is 0 Å². The van der Waals surface area contributed by atoms with Gasteiger partial charge in [0.15, 0.2) is 0 Å². The fourth-order valence-corrected chi connectivity index (χ4v) is 2.51. The van der Waals surface area contributed by atoms with Crippen molar-refractivity contribution in [2.45, 2.75) is 44.7 Å². The summed E-state index contributed by atoms with van der Waals surface area (Å²) in [6.07, 6.45) is 0. The van der Waals surface area contributed by atoms with Gasteiger partial charge in [-0.25, -0.2) is 0 Å². The van der Waals surface area contributed by atoms with Crippen molar-refractivity contribution in [2.75, 3.05) is 0 Å². The van der Waals surface area contributed by atoms with Gasteiger partial charge in [-0.3, -0.25) is 9.48 Å². The molecule has 17 heavy (non-hydrogen) atoms. The van der Waals surface area contributed by atoms with Crippen LogP contribution >= 0.6 is 23.4 Å². The number of rotatable bonds is 5. The predicted molar refractivity (Wildman–Crippen MR) is 70.7 cm³/mol. The number of carboxylic acids is 1. The Kier molecular flexibility index (Phi) is 4.49. The minimum absolute atomic E-state index is 0.548. The highest BCUT2D eigenvalue weighted by Crippen LogP contribution is 2.31. The van der Waals surface area contributed by atoms with Gasteiger partial charge in [0.2, 0.25) is 0 Å². The molecule has 1 rings (SSSR count). The molecule has 0 spiro atoms. The standard InChI is InChI=1S/C11H17ClN2O2S/c1-5-14-8(9(12)7(2)13-14)6-17-11(3,4)10(15)16/h5-6H2,1-4H3,(H,15,16). The topological polar surface area (TPSA) is 55.1 Å². The number of hydrogen-bond acceptors (Lipinski definition) is 3. The largest absolute Gasteiger partial charge is 0.480 e. The van der Waals surface area contributed by atoms with Crippen LogP contribution in [0.4, 0.5) is 0 Å². The number of halogens is 1. The molecule has 1 aromatic heterocycles. The summed E-state index contributed by atoms with van der Waals surface area (Å²) in [6.45, 7) is 7.95. The lowest BCUT2D eigenvalue weighted by Crippen LogP contribution is -2.27. The van der Waals surface area contributed by atoms with Crippen LogP contribution in [0, 0.1) is 6.92 Å². The molecule has 6 heteroatoms. The quantitative estimate of drug-likeness (QED) is 0.898. The molecule has 0 fully saturated rings. The molecule has 1 N–H and O–H groups in total. The maximum atomic E-state index is 11.0. The highest BCUT2D eigenvalue weighted by atomic mass is 35.5. The molecule has 1 heterocycles. The summed E-state index contributed by atoms with van der Waals surface area (Å²) in [5.41, 5.74) is 1.68. The van der Waals surface area contributed by atoms with Crippen LogP contribution in [0.15, 0.2) is 0 Å². The van der Waals surface area contributed by atoms with Crippen LogP contribution in [0.3, 0.4) is 0 Å². The van der Waals surface area contributed by atoms with Gasteiger partial charge in [-0.2, -0.15) is 5.10 Å². The molecule has 0 aromatic carbocycles. The molecule has 0 radical (unpaired) electrons. The Labute approximate surface area is 110 Å². The van der Waals surface area contributed by atoms with Crippen LogP contribution in [0.5, 0.6) is 0 Å². The normalized spacial score (nSPS) is 11.8. The zero-order chi connectivity index (χ0) is 13.2. The van der Waals surface area contributed by atoms with Crippen LogP contribution in [0.1, 0.15) is 32.2 Å². The molecular formula is C11H17ClN2O2S. The third-order valence-corrected chi connectivity index (χ3v) is 4.34. The highest BCUT2D eigenvalue weighted by molar-refractivity contribution is 8.00. The lowest BCUT2D eigenvalue weighted by Gasteiger charge is -2.18. The first kappa shape index (κ1) is 14.4. The third-order valence-electron chi connectivity index (χ3n) is 2.54. The van der Waals surface area contributed by atoms with E-state index in [2.05, 4.69) is 5.10 Å². The Morgan fingerprint density at radius 2 is 2.18 bits per heavy atom. The van der Waals surface area contributed by atoms with E-state index in [4.69, 9.17) is 16.7 Å². The molecule has 1 aromatic rings. The molecule has 0 atom stereocenters. The molecule has 0 saturated carbocycles. The number of hydrogen-bond donors (Lipinski definition) is 1. The summed E-state index contributed by atoms with van der Waals surface area (Å²) in [7, 11) is 0. The lowest BCUT2D eigenvalue weighted by atomic mass is 10.2. The second-order valence-corrected chi connectivity index (χ2v) is 6.24. The number of aromatic nitrogens is 2. The van der Waals surface area contributed by atoms with E-state index in [1.165, 1.54) is 11.8 Å². The average Bonchev–Trinajstić information content (AvgIpc) is 2.52. The van der Waals surface area contributed by atoms with Gasteiger partial charge in [0.25, 0.3) is 0 Å². The van der Waals surface area contributed by atoms with Gasteiger partial charge in [-0.15, -0.1) is 11.8 Å². The lowest BCUT2D eigenvalue weighted by molar-refractivity contribution is -0.138. The van der Waals surface area contributed by atoms with E-state index in [0.717, 1.165) is 17.9 Å². The second-order valence-electron chi connectivity index (χ2n) is 4.27. The van der Waals surface area contributed by atoms with E-state index in [1.54, 1.807) is 13.8 Å². The van der Waals surface area contributed by atoms with Gasteiger partial charge in [0.1, 0.15) is 4.75 Å². The van der Waals surface area contributed by atoms with E-state index in [1.807, 2.05) is 18.5 Å². The summed E-state index contributed by atoms with van der Waals surface area (Å²) < 4.78 is 1.00. The Morgan fingerprint density at radius 1 is 1.59 bits per heavy atom. The number of nitrogens with zero attached hydrogens (tertiary/aromatic N) is 2. The second kappa shape index (κ2) is 5.31. The zero-order valence-corrected chi connectivity index (χ0v) is 12.0. The van der Waals surface area contributed by atoms with Crippen molar-refractivity contribution in [3.05, 3.63) is 16.4 Å². The van der Waals surface area contributed by atoms with Gasteiger partial charge in [-0.05, 0) is 27.7 Å². The van der Waals surface area contributed by atoms with Crippen LogP contribution in [0.2, 0.25) is 5.02 Å².